The summed E-state index contributed by atoms with van der Waals surface area (Å²) >= 11 is 1.86. The van der Waals surface area contributed by atoms with Gasteiger partial charge in [-0.05, 0) is 31.1 Å². The average Bonchev–Trinajstić information content (AvgIpc) is 2.57. The fourth-order valence-electron chi connectivity index (χ4n) is 2.32. The first-order valence-corrected chi connectivity index (χ1v) is 6.75. The maximum Gasteiger partial charge on any atom is 0.183 e. The summed E-state index contributed by atoms with van der Waals surface area (Å²) in [6.07, 6.45) is 3.69. The van der Waals surface area contributed by atoms with Gasteiger partial charge < -0.3 is 5.32 Å². The number of thiazole rings is 1. The molecule has 1 aliphatic carbocycles. The molecule has 1 heterocycles. The molecule has 1 aromatic rings. The smallest absolute Gasteiger partial charge is 0.183 e. The summed E-state index contributed by atoms with van der Waals surface area (Å²) in [6.45, 7) is 7.87. The van der Waals surface area contributed by atoms with Crippen LogP contribution in [0.15, 0.2) is 0 Å². The van der Waals surface area contributed by atoms with Gasteiger partial charge in [0.15, 0.2) is 5.13 Å². The third-order valence-electron chi connectivity index (χ3n) is 3.01. The molecule has 84 valence electrons. The van der Waals surface area contributed by atoms with Crippen molar-refractivity contribution in [2.75, 3.05) is 11.9 Å². The zero-order valence-electron chi connectivity index (χ0n) is 9.84. The number of nitrogens with zero attached hydrogens (tertiary/aromatic N) is 1. The second-order valence-electron chi connectivity index (χ2n) is 4.70. The summed E-state index contributed by atoms with van der Waals surface area (Å²) in [4.78, 5) is 6.22. The van der Waals surface area contributed by atoms with Gasteiger partial charge in [-0.3, -0.25) is 0 Å². The molecule has 3 heteroatoms. The van der Waals surface area contributed by atoms with Crippen molar-refractivity contribution in [3.8, 4) is 0 Å². The van der Waals surface area contributed by atoms with Crippen molar-refractivity contribution >= 4 is 16.5 Å². The summed E-state index contributed by atoms with van der Waals surface area (Å²) in [5.41, 5.74) is 1.36. The molecule has 2 atom stereocenters. The summed E-state index contributed by atoms with van der Waals surface area (Å²) < 4.78 is 0. The number of nitrogens with one attached hydrogen (secondary N) is 1. The van der Waals surface area contributed by atoms with Crippen molar-refractivity contribution in [2.24, 2.45) is 5.92 Å². The van der Waals surface area contributed by atoms with Gasteiger partial charge in [-0.25, -0.2) is 4.98 Å². The fourth-order valence-corrected chi connectivity index (χ4v) is 3.59. The highest BCUT2D eigenvalue weighted by molar-refractivity contribution is 7.15. The zero-order valence-corrected chi connectivity index (χ0v) is 10.7. The van der Waals surface area contributed by atoms with Crippen LogP contribution in [-0.2, 0) is 6.42 Å². The number of rotatable bonds is 3. The van der Waals surface area contributed by atoms with Crippen molar-refractivity contribution in [3.05, 3.63) is 10.6 Å². The molecule has 2 rings (SSSR count). The molecule has 2 nitrogen and oxygen atoms in total. The van der Waals surface area contributed by atoms with Crippen LogP contribution in [0.4, 0.5) is 5.13 Å². The van der Waals surface area contributed by atoms with Crippen LogP contribution in [0.5, 0.6) is 0 Å². The van der Waals surface area contributed by atoms with E-state index in [9.17, 15) is 0 Å². The molecule has 0 radical (unpaired) electrons. The highest BCUT2D eigenvalue weighted by Gasteiger charge is 2.25. The number of fused-ring (bicyclic) bond motifs is 1. The van der Waals surface area contributed by atoms with Crippen LogP contribution in [0.2, 0.25) is 0 Å². The number of aromatic nitrogens is 1. The molecule has 0 saturated carbocycles. The molecule has 15 heavy (non-hydrogen) atoms. The van der Waals surface area contributed by atoms with Crippen LogP contribution < -0.4 is 5.32 Å². The second kappa shape index (κ2) is 4.52. The van der Waals surface area contributed by atoms with Crippen LogP contribution in [0.3, 0.4) is 0 Å². The van der Waals surface area contributed by atoms with E-state index in [2.05, 4.69) is 26.1 Å². The number of anilines is 1. The molecule has 0 aromatic carbocycles. The minimum Gasteiger partial charge on any atom is -0.362 e. The lowest BCUT2D eigenvalue weighted by Gasteiger charge is -2.22. The Hall–Kier alpha value is -0.570. The zero-order chi connectivity index (χ0) is 10.8. The van der Waals surface area contributed by atoms with E-state index in [-0.39, 0.29) is 0 Å². The van der Waals surface area contributed by atoms with E-state index in [1.165, 1.54) is 23.4 Å². The van der Waals surface area contributed by atoms with E-state index in [4.69, 9.17) is 4.98 Å². The largest absolute Gasteiger partial charge is 0.362 e. The molecule has 0 spiro atoms. The highest BCUT2D eigenvalue weighted by atomic mass is 32.1. The van der Waals surface area contributed by atoms with Crippen molar-refractivity contribution in [3.63, 3.8) is 0 Å². The van der Waals surface area contributed by atoms with Crippen LogP contribution in [0, 0.1) is 5.92 Å². The van der Waals surface area contributed by atoms with Gasteiger partial charge in [0, 0.05) is 11.4 Å². The average molecular weight is 224 g/mol. The van der Waals surface area contributed by atoms with E-state index in [1.54, 1.807) is 0 Å². The van der Waals surface area contributed by atoms with Crippen molar-refractivity contribution in [1.82, 2.24) is 4.98 Å². The molecule has 0 fully saturated rings. The van der Waals surface area contributed by atoms with Crippen LogP contribution >= 0.6 is 11.3 Å². The van der Waals surface area contributed by atoms with Crippen molar-refractivity contribution < 1.29 is 0 Å². The van der Waals surface area contributed by atoms with Gasteiger partial charge in [0.1, 0.15) is 0 Å². The summed E-state index contributed by atoms with van der Waals surface area (Å²) in [5, 5.41) is 4.52. The monoisotopic (exact) mass is 224 g/mol. The maximum atomic E-state index is 4.71. The molecule has 1 N–H and O–H groups in total. The Morgan fingerprint density at radius 2 is 2.27 bits per heavy atom. The lowest BCUT2D eigenvalue weighted by Crippen LogP contribution is -2.13. The molecule has 0 aliphatic heterocycles. The van der Waals surface area contributed by atoms with Gasteiger partial charge in [0.2, 0.25) is 0 Å². The maximum absolute atomic E-state index is 4.71. The molecule has 0 saturated heterocycles. The first kappa shape index (κ1) is 10.9. The minimum atomic E-state index is 0.650. The molecular weight excluding hydrogens is 204 g/mol. The predicted octanol–water partition coefficient (Wildman–Crippen LogP) is 3.65. The van der Waals surface area contributed by atoms with E-state index in [0.29, 0.717) is 5.92 Å². The van der Waals surface area contributed by atoms with E-state index in [1.807, 2.05) is 11.3 Å². The Kier molecular flexibility index (Phi) is 3.29. The molecule has 1 aliphatic rings. The standard InChI is InChI=1S/C12H20N2S/c1-4-5-13-12-14-11-9(3)6-8(2)7-10(11)15-12/h8-9H,4-7H2,1-3H3,(H,13,14). The Balaban J connectivity index is 2.15. The van der Waals surface area contributed by atoms with Crippen LogP contribution in [-0.4, -0.2) is 11.5 Å². The van der Waals surface area contributed by atoms with Gasteiger partial charge >= 0.3 is 0 Å². The number of hydrogen-bond donors (Lipinski definition) is 1. The summed E-state index contributed by atoms with van der Waals surface area (Å²) in [6, 6.07) is 0. The van der Waals surface area contributed by atoms with Gasteiger partial charge in [0.05, 0.1) is 5.69 Å². The SMILES string of the molecule is CCCNc1nc2c(s1)CC(C)CC2C. The topological polar surface area (TPSA) is 24.9 Å². The lowest BCUT2D eigenvalue weighted by molar-refractivity contribution is 0.448. The van der Waals surface area contributed by atoms with Gasteiger partial charge in [0.25, 0.3) is 0 Å². The van der Waals surface area contributed by atoms with Gasteiger partial charge in [-0.1, -0.05) is 20.8 Å². The van der Waals surface area contributed by atoms with Gasteiger partial charge in [-0.2, -0.15) is 0 Å². The Bertz CT molecular complexity index is 332. The Labute approximate surface area is 96.1 Å². The van der Waals surface area contributed by atoms with Crippen molar-refractivity contribution in [2.45, 2.75) is 46.0 Å². The number of hydrogen-bond acceptors (Lipinski definition) is 3. The highest BCUT2D eigenvalue weighted by Crippen LogP contribution is 2.38. The van der Waals surface area contributed by atoms with Crippen LogP contribution in [0.1, 0.15) is 50.1 Å². The first-order valence-electron chi connectivity index (χ1n) is 5.94. The fraction of sp³-hybridized carbons (Fsp3) is 0.750. The quantitative estimate of drug-likeness (QED) is 0.847. The summed E-state index contributed by atoms with van der Waals surface area (Å²) in [5.74, 6) is 1.48. The molecule has 0 bridgehead atoms. The molecule has 2 unspecified atom stereocenters. The third kappa shape index (κ3) is 2.33. The Morgan fingerprint density at radius 1 is 1.47 bits per heavy atom. The van der Waals surface area contributed by atoms with E-state index < -0.39 is 0 Å². The third-order valence-corrected chi connectivity index (χ3v) is 4.06. The lowest BCUT2D eigenvalue weighted by atomic mass is 9.85. The molecule has 1 aromatic heterocycles. The minimum absolute atomic E-state index is 0.650. The molecule has 0 amide bonds. The predicted molar refractivity (Wildman–Crippen MR) is 66.8 cm³/mol. The van der Waals surface area contributed by atoms with Gasteiger partial charge in [-0.15, -0.1) is 11.3 Å². The second-order valence-corrected chi connectivity index (χ2v) is 5.78. The van der Waals surface area contributed by atoms with Crippen LogP contribution in [0.25, 0.3) is 0 Å². The first-order chi connectivity index (χ1) is 7.20. The van der Waals surface area contributed by atoms with Crippen molar-refractivity contribution in [1.29, 1.82) is 0 Å². The van der Waals surface area contributed by atoms with E-state index in [0.717, 1.165) is 24.0 Å². The molecular formula is C12H20N2S. The Morgan fingerprint density at radius 3 is 3.00 bits per heavy atom. The summed E-state index contributed by atoms with van der Waals surface area (Å²) in [7, 11) is 0. The normalized spacial score (nSPS) is 25.0. The van der Waals surface area contributed by atoms with E-state index >= 15 is 0 Å².